The van der Waals surface area contributed by atoms with Gasteiger partial charge in [0.1, 0.15) is 0 Å². The van der Waals surface area contributed by atoms with Gasteiger partial charge >= 0.3 is 0 Å². The highest BCUT2D eigenvalue weighted by Crippen LogP contribution is 2.26. The van der Waals surface area contributed by atoms with Crippen LogP contribution in [0.3, 0.4) is 0 Å². The molecule has 2 aromatic carbocycles. The molecule has 0 aliphatic carbocycles. The topological polar surface area (TPSA) is 49.4 Å². The normalized spacial score (nSPS) is 15.2. The van der Waals surface area contributed by atoms with Gasteiger partial charge in [0.15, 0.2) is 0 Å². The fourth-order valence-electron chi connectivity index (χ4n) is 3.47. The van der Waals surface area contributed by atoms with E-state index in [9.17, 15) is 9.59 Å². The summed E-state index contributed by atoms with van der Waals surface area (Å²) in [6, 6.07) is 17.7. The number of anilines is 1. The number of fused-ring (bicyclic) bond motifs is 1. The van der Waals surface area contributed by atoms with Crippen LogP contribution in [-0.2, 0) is 4.79 Å². The van der Waals surface area contributed by atoms with Crippen LogP contribution in [0, 0.1) is 5.92 Å². The molecule has 1 N–H and O–H groups in total. The summed E-state index contributed by atoms with van der Waals surface area (Å²) >= 11 is 1.46. The van der Waals surface area contributed by atoms with E-state index in [1.54, 1.807) is 0 Å². The molecular formula is C21H20N2O2S. The molecule has 3 aromatic rings. The SMILES string of the molecule is O=C(Nc1cccc2ccccc12)C1CCN(C(=O)c2cccs2)CC1. The molecule has 0 spiro atoms. The van der Waals surface area contributed by atoms with E-state index >= 15 is 0 Å². The molecule has 1 aromatic heterocycles. The molecule has 26 heavy (non-hydrogen) atoms. The Hall–Kier alpha value is -2.66. The lowest BCUT2D eigenvalue weighted by molar-refractivity contribution is -0.121. The molecule has 5 heteroatoms. The van der Waals surface area contributed by atoms with Gasteiger partial charge in [-0.3, -0.25) is 9.59 Å². The lowest BCUT2D eigenvalue weighted by Crippen LogP contribution is -2.41. The Bertz CT molecular complexity index is 923. The molecule has 132 valence electrons. The van der Waals surface area contributed by atoms with E-state index in [1.165, 1.54) is 11.3 Å². The van der Waals surface area contributed by atoms with Gasteiger partial charge in [0.2, 0.25) is 5.91 Å². The van der Waals surface area contributed by atoms with E-state index in [0.717, 1.165) is 21.3 Å². The Balaban J connectivity index is 1.40. The standard InChI is InChI=1S/C21H20N2O2S/c24-20(22-18-8-3-6-15-5-1-2-7-17(15)18)16-10-12-23(13-11-16)21(25)19-9-4-14-26-19/h1-9,14,16H,10-13H2,(H,22,24). The van der Waals surface area contributed by atoms with Gasteiger partial charge in [0.25, 0.3) is 5.91 Å². The predicted molar refractivity (Wildman–Crippen MR) is 106 cm³/mol. The van der Waals surface area contributed by atoms with Gasteiger partial charge in [-0.25, -0.2) is 0 Å². The third-order valence-corrected chi connectivity index (χ3v) is 5.79. The zero-order valence-corrected chi connectivity index (χ0v) is 15.2. The third kappa shape index (κ3) is 3.35. The maximum absolute atomic E-state index is 12.7. The number of hydrogen-bond donors (Lipinski definition) is 1. The lowest BCUT2D eigenvalue weighted by Gasteiger charge is -2.31. The Morgan fingerprint density at radius 2 is 1.73 bits per heavy atom. The molecule has 0 radical (unpaired) electrons. The van der Waals surface area contributed by atoms with Crippen LogP contribution in [0.15, 0.2) is 60.0 Å². The second-order valence-electron chi connectivity index (χ2n) is 6.56. The van der Waals surface area contributed by atoms with Gasteiger partial charge in [-0.05, 0) is 35.7 Å². The van der Waals surface area contributed by atoms with Crippen LogP contribution >= 0.6 is 11.3 Å². The fraction of sp³-hybridized carbons (Fsp3) is 0.238. The van der Waals surface area contributed by atoms with Gasteiger partial charge in [0, 0.05) is 30.1 Å². The van der Waals surface area contributed by atoms with Crippen LogP contribution in [0.1, 0.15) is 22.5 Å². The molecular weight excluding hydrogens is 344 g/mol. The van der Waals surface area contributed by atoms with Crippen molar-refractivity contribution in [3.8, 4) is 0 Å². The van der Waals surface area contributed by atoms with Crippen LogP contribution in [0.25, 0.3) is 10.8 Å². The first-order valence-corrected chi connectivity index (χ1v) is 9.72. The highest BCUT2D eigenvalue weighted by molar-refractivity contribution is 7.12. The van der Waals surface area contributed by atoms with Crippen molar-refractivity contribution in [3.63, 3.8) is 0 Å². The van der Waals surface area contributed by atoms with Crippen molar-refractivity contribution in [2.24, 2.45) is 5.92 Å². The summed E-state index contributed by atoms with van der Waals surface area (Å²) < 4.78 is 0. The average Bonchev–Trinajstić information content (AvgIpc) is 3.23. The average molecular weight is 364 g/mol. The van der Waals surface area contributed by atoms with Crippen molar-refractivity contribution in [1.29, 1.82) is 0 Å². The van der Waals surface area contributed by atoms with E-state index in [2.05, 4.69) is 5.32 Å². The molecule has 0 saturated carbocycles. The minimum Gasteiger partial charge on any atom is -0.338 e. The van der Waals surface area contributed by atoms with Crippen molar-refractivity contribution in [2.75, 3.05) is 18.4 Å². The zero-order valence-electron chi connectivity index (χ0n) is 14.4. The summed E-state index contributed by atoms with van der Waals surface area (Å²) in [4.78, 5) is 27.7. The van der Waals surface area contributed by atoms with Gasteiger partial charge in [0.05, 0.1) is 4.88 Å². The number of hydrogen-bond acceptors (Lipinski definition) is 3. The largest absolute Gasteiger partial charge is 0.338 e. The monoisotopic (exact) mass is 364 g/mol. The molecule has 1 aliphatic heterocycles. The number of carbonyl (C=O) groups is 2. The number of nitrogens with zero attached hydrogens (tertiary/aromatic N) is 1. The number of likely N-dealkylation sites (tertiary alicyclic amines) is 1. The molecule has 4 nitrogen and oxygen atoms in total. The molecule has 4 rings (SSSR count). The number of amides is 2. The van der Waals surface area contributed by atoms with Crippen LogP contribution in [0.5, 0.6) is 0 Å². The second-order valence-corrected chi connectivity index (χ2v) is 7.51. The van der Waals surface area contributed by atoms with E-state index in [1.807, 2.05) is 64.9 Å². The van der Waals surface area contributed by atoms with Crippen LogP contribution in [0.2, 0.25) is 0 Å². The Labute approximate surface area is 156 Å². The van der Waals surface area contributed by atoms with Crippen LogP contribution in [0.4, 0.5) is 5.69 Å². The Kier molecular flexibility index (Phi) is 4.71. The molecule has 0 atom stereocenters. The summed E-state index contributed by atoms with van der Waals surface area (Å²) in [6.45, 7) is 1.26. The molecule has 0 bridgehead atoms. The number of nitrogens with one attached hydrogen (secondary N) is 1. The van der Waals surface area contributed by atoms with Crippen molar-refractivity contribution in [1.82, 2.24) is 4.90 Å². The Morgan fingerprint density at radius 3 is 2.50 bits per heavy atom. The molecule has 2 amide bonds. The Morgan fingerprint density at radius 1 is 0.962 bits per heavy atom. The quantitative estimate of drug-likeness (QED) is 0.749. The van der Waals surface area contributed by atoms with Gasteiger partial charge < -0.3 is 10.2 Å². The van der Waals surface area contributed by atoms with Crippen molar-refractivity contribution >= 4 is 39.6 Å². The van der Waals surface area contributed by atoms with Crippen LogP contribution < -0.4 is 5.32 Å². The van der Waals surface area contributed by atoms with E-state index in [-0.39, 0.29) is 17.7 Å². The van der Waals surface area contributed by atoms with E-state index in [0.29, 0.717) is 25.9 Å². The maximum atomic E-state index is 12.7. The predicted octanol–water partition coefficient (Wildman–Crippen LogP) is 4.39. The highest BCUT2D eigenvalue weighted by Gasteiger charge is 2.28. The van der Waals surface area contributed by atoms with E-state index in [4.69, 9.17) is 0 Å². The summed E-state index contributed by atoms with van der Waals surface area (Å²) in [7, 11) is 0. The van der Waals surface area contributed by atoms with Gasteiger partial charge in [-0.2, -0.15) is 0 Å². The number of carbonyl (C=O) groups excluding carboxylic acids is 2. The van der Waals surface area contributed by atoms with Crippen molar-refractivity contribution in [2.45, 2.75) is 12.8 Å². The highest BCUT2D eigenvalue weighted by atomic mass is 32.1. The molecule has 0 unspecified atom stereocenters. The smallest absolute Gasteiger partial charge is 0.263 e. The molecule has 1 fully saturated rings. The first-order valence-electron chi connectivity index (χ1n) is 8.84. The number of rotatable bonds is 3. The summed E-state index contributed by atoms with van der Waals surface area (Å²) in [5.41, 5.74) is 0.852. The molecule has 1 aliphatic rings. The summed E-state index contributed by atoms with van der Waals surface area (Å²) in [6.07, 6.45) is 1.40. The molecule has 1 saturated heterocycles. The van der Waals surface area contributed by atoms with Crippen LogP contribution in [-0.4, -0.2) is 29.8 Å². The van der Waals surface area contributed by atoms with Crippen molar-refractivity contribution < 1.29 is 9.59 Å². The second kappa shape index (κ2) is 7.30. The first-order chi connectivity index (χ1) is 12.7. The number of piperidine rings is 1. The number of benzene rings is 2. The van der Waals surface area contributed by atoms with Gasteiger partial charge in [-0.1, -0.05) is 42.5 Å². The third-order valence-electron chi connectivity index (χ3n) is 4.93. The summed E-state index contributed by atoms with van der Waals surface area (Å²) in [5.74, 6) is 0.0684. The molecule has 2 heterocycles. The fourth-order valence-corrected chi connectivity index (χ4v) is 4.16. The van der Waals surface area contributed by atoms with E-state index < -0.39 is 0 Å². The maximum Gasteiger partial charge on any atom is 0.263 e. The van der Waals surface area contributed by atoms with Crippen molar-refractivity contribution in [3.05, 3.63) is 64.9 Å². The lowest BCUT2D eigenvalue weighted by atomic mass is 9.95. The minimum atomic E-state index is -0.0543. The minimum absolute atomic E-state index is 0.0459. The van der Waals surface area contributed by atoms with Gasteiger partial charge in [-0.15, -0.1) is 11.3 Å². The zero-order chi connectivity index (χ0) is 17.9. The first kappa shape index (κ1) is 16.8. The summed E-state index contributed by atoms with van der Waals surface area (Å²) in [5, 5.41) is 7.16. The number of thiophene rings is 1.